The van der Waals surface area contributed by atoms with Crippen LogP contribution in [-0.2, 0) is 13.7 Å². The number of ether oxygens (including phenoxy) is 1. The highest BCUT2D eigenvalue weighted by Crippen LogP contribution is 2.25. The van der Waals surface area contributed by atoms with Crippen LogP contribution in [0.5, 0.6) is 5.75 Å². The van der Waals surface area contributed by atoms with E-state index in [-0.39, 0.29) is 12.4 Å². The molecule has 0 amide bonds. The number of hydrogen-bond donors (Lipinski definition) is 1. The topological polar surface area (TPSA) is 64.4 Å². The summed E-state index contributed by atoms with van der Waals surface area (Å²) in [6.07, 6.45) is 0. The average molecular weight is 343 g/mol. The highest BCUT2D eigenvalue weighted by atomic mass is 79.9. The molecular weight excluding hydrogens is 331 g/mol. The second-order valence-electron chi connectivity index (χ2n) is 4.18. The molecule has 1 aromatic heterocycles. The largest absolute Gasteiger partial charge is 0.486 e. The van der Waals surface area contributed by atoms with Crippen LogP contribution in [-0.4, -0.2) is 20.9 Å². The predicted octanol–water partition coefficient (Wildman–Crippen LogP) is 2.91. The first-order valence-electron chi connectivity index (χ1n) is 5.74. The molecule has 106 valence electrons. The van der Waals surface area contributed by atoms with Gasteiger partial charge in [-0.1, -0.05) is 6.07 Å². The Balaban J connectivity index is 2.28. The predicted molar refractivity (Wildman–Crippen MR) is 73.3 cm³/mol. The molecule has 2 rings (SSSR count). The zero-order valence-corrected chi connectivity index (χ0v) is 12.4. The first-order chi connectivity index (χ1) is 9.41. The molecule has 0 unspecified atom stereocenters. The fourth-order valence-electron chi connectivity index (χ4n) is 1.82. The minimum atomic E-state index is -1.36. The summed E-state index contributed by atoms with van der Waals surface area (Å²) < 4.78 is 21.3. The van der Waals surface area contributed by atoms with Gasteiger partial charge in [-0.2, -0.15) is 5.10 Å². The molecule has 0 bridgehead atoms. The number of carboxylic acid groups (broad SMARTS) is 1. The highest BCUT2D eigenvalue weighted by Gasteiger charge is 2.18. The Morgan fingerprint density at radius 2 is 2.25 bits per heavy atom. The fourth-order valence-corrected chi connectivity index (χ4v) is 2.27. The van der Waals surface area contributed by atoms with Gasteiger partial charge in [0.15, 0.2) is 0 Å². The standard InChI is InChI=1S/C13H12BrFN2O3/c1-7-12(14)9(17(2)16-7)6-20-10-5-3-4-8(15)11(10)13(18)19/h3-5H,6H2,1-2H3,(H,18,19). The van der Waals surface area contributed by atoms with Crippen molar-refractivity contribution in [3.05, 3.63) is 45.4 Å². The van der Waals surface area contributed by atoms with Gasteiger partial charge in [0.1, 0.15) is 23.7 Å². The van der Waals surface area contributed by atoms with E-state index in [0.717, 1.165) is 21.9 Å². The molecule has 0 fully saturated rings. The Kier molecular flexibility index (Phi) is 4.08. The minimum absolute atomic E-state index is 0.0109. The molecule has 2 aromatic rings. The summed E-state index contributed by atoms with van der Waals surface area (Å²) in [4.78, 5) is 11.0. The molecule has 0 radical (unpaired) electrons. The lowest BCUT2D eigenvalue weighted by atomic mass is 10.2. The first kappa shape index (κ1) is 14.5. The van der Waals surface area contributed by atoms with Crippen molar-refractivity contribution in [2.75, 3.05) is 0 Å². The smallest absolute Gasteiger partial charge is 0.342 e. The zero-order valence-electron chi connectivity index (χ0n) is 10.9. The van der Waals surface area contributed by atoms with Gasteiger partial charge in [0.05, 0.1) is 15.9 Å². The number of halogens is 2. The van der Waals surface area contributed by atoms with Crippen LogP contribution in [0.25, 0.3) is 0 Å². The van der Waals surface area contributed by atoms with Crippen molar-refractivity contribution in [2.45, 2.75) is 13.5 Å². The van der Waals surface area contributed by atoms with Crippen molar-refractivity contribution in [3.8, 4) is 5.75 Å². The van der Waals surface area contributed by atoms with E-state index in [4.69, 9.17) is 9.84 Å². The van der Waals surface area contributed by atoms with Gasteiger partial charge in [0.25, 0.3) is 0 Å². The summed E-state index contributed by atoms with van der Waals surface area (Å²) in [6.45, 7) is 1.92. The van der Waals surface area contributed by atoms with Crippen molar-refractivity contribution in [2.24, 2.45) is 7.05 Å². The molecule has 5 nitrogen and oxygen atoms in total. The van der Waals surface area contributed by atoms with E-state index in [1.165, 1.54) is 12.1 Å². The SMILES string of the molecule is Cc1nn(C)c(COc2cccc(F)c2C(=O)O)c1Br. The van der Waals surface area contributed by atoms with Crippen LogP contribution in [0.3, 0.4) is 0 Å². The molecule has 0 aliphatic rings. The highest BCUT2D eigenvalue weighted by molar-refractivity contribution is 9.10. The molecular formula is C13H12BrFN2O3. The van der Waals surface area contributed by atoms with Gasteiger partial charge in [-0.15, -0.1) is 0 Å². The number of benzene rings is 1. The number of rotatable bonds is 4. The van der Waals surface area contributed by atoms with Gasteiger partial charge < -0.3 is 9.84 Å². The molecule has 1 N–H and O–H groups in total. The van der Waals surface area contributed by atoms with Gasteiger partial charge in [-0.25, -0.2) is 9.18 Å². The van der Waals surface area contributed by atoms with E-state index >= 15 is 0 Å². The van der Waals surface area contributed by atoms with Crippen molar-refractivity contribution in [3.63, 3.8) is 0 Å². The van der Waals surface area contributed by atoms with Gasteiger partial charge >= 0.3 is 5.97 Å². The number of aromatic nitrogens is 2. The number of aromatic carboxylic acids is 1. The second-order valence-corrected chi connectivity index (χ2v) is 4.97. The molecule has 0 spiro atoms. The van der Waals surface area contributed by atoms with E-state index in [9.17, 15) is 9.18 Å². The van der Waals surface area contributed by atoms with E-state index in [2.05, 4.69) is 21.0 Å². The normalized spacial score (nSPS) is 10.6. The Morgan fingerprint density at radius 3 is 2.80 bits per heavy atom. The van der Waals surface area contributed by atoms with Crippen LogP contribution >= 0.6 is 15.9 Å². The molecule has 0 saturated heterocycles. The van der Waals surface area contributed by atoms with Crippen LogP contribution in [0.15, 0.2) is 22.7 Å². The third-order valence-corrected chi connectivity index (χ3v) is 3.85. The lowest BCUT2D eigenvalue weighted by Crippen LogP contribution is -2.08. The van der Waals surface area contributed by atoms with Crippen molar-refractivity contribution in [1.82, 2.24) is 9.78 Å². The summed E-state index contributed by atoms with van der Waals surface area (Å²) in [7, 11) is 1.75. The third kappa shape index (κ3) is 2.67. The maximum Gasteiger partial charge on any atom is 0.342 e. The van der Waals surface area contributed by atoms with Gasteiger partial charge in [0, 0.05) is 7.05 Å². The Morgan fingerprint density at radius 1 is 1.55 bits per heavy atom. The monoisotopic (exact) mass is 342 g/mol. The summed E-state index contributed by atoms with van der Waals surface area (Å²) in [5.41, 5.74) is 1.06. The quantitative estimate of drug-likeness (QED) is 0.927. The first-order valence-corrected chi connectivity index (χ1v) is 6.53. The van der Waals surface area contributed by atoms with Crippen LogP contribution in [0.2, 0.25) is 0 Å². The number of aryl methyl sites for hydroxylation is 2. The van der Waals surface area contributed by atoms with Crippen LogP contribution in [0.4, 0.5) is 4.39 Å². The van der Waals surface area contributed by atoms with Crippen LogP contribution < -0.4 is 4.74 Å². The van der Waals surface area contributed by atoms with Gasteiger partial charge in [-0.3, -0.25) is 4.68 Å². The number of nitrogens with zero attached hydrogens (tertiary/aromatic N) is 2. The maximum atomic E-state index is 13.5. The molecule has 0 aliphatic carbocycles. The number of carbonyl (C=O) groups is 1. The minimum Gasteiger partial charge on any atom is -0.486 e. The Bertz CT molecular complexity index is 670. The summed E-state index contributed by atoms with van der Waals surface area (Å²) in [5.74, 6) is -2.20. The molecule has 0 saturated carbocycles. The van der Waals surface area contributed by atoms with Gasteiger partial charge in [-0.05, 0) is 35.0 Å². The lowest BCUT2D eigenvalue weighted by molar-refractivity contribution is 0.0686. The number of hydrogen-bond acceptors (Lipinski definition) is 3. The fraction of sp³-hybridized carbons (Fsp3) is 0.231. The number of carboxylic acids is 1. The summed E-state index contributed by atoms with van der Waals surface area (Å²) in [6, 6.07) is 3.91. The Labute approximate surface area is 123 Å². The third-order valence-electron chi connectivity index (χ3n) is 2.82. The van der Waals surface area contributed by atoms with Gasteiger partial charge in [0.2, 0.25) is 0 Å². The average Bonchev–Trinajstić information content (AvgIpc) is 2.61. The van der Waals surface area contributed by atoms with E-state index in [1.54, 1.807) is 11.7 Å². The van der Waals surface area contributed by atoms with E-state index in [0.29, 0.717) is 0 Å². The van der Waals surface area contributed by atoms with Crippen molar-refractivity contribution >= 4 is 21.9 Å². The van der Waals surface area contributed by atoms with Crippen LogP contribution in [0.1, 0.15) is 21.7 Å². The Hall–Kier alpha value is -1.89. The van der Waals surface area contributed by atoms with Crippen LogP contribution in [0, 0.1) is 12.7 Å². The van der Waals surface area contributed by atoms with E-state index in [1.807, 2.05) is 6.92 Å². The summed E-state index contributed by atoms with van der Waals surface area (Å²) >= 11 is 3.38. The van der Waals surface area contributed by atoms with E-state index < -0.39 is 17.3 Å². The van der Waals surface area contributed by atoms with Crippen molar-refractivity contribution < 1.29 is 19.0 Å². The molecule has 0 atom stereocenters. The molecule has 1 aromatic carbocycles. The molecule has 1 heterocycles. The molecule has 20 heavy (non-hydrogen) atoms. The summed E-state index contributed by atoms with van der Waals surface area (Å²) in [5, 5.41) is 13.2. The second kappa shape index (κ2) is 5.62. The molecule has 0 aliphatic heterocycles. The molecule has 7 heteroatoms. The lowest BCUT2D eigenvalue weighted by Gasteiger charge is -2.10. The zero-order chi connectivity index (χ0) is 14.9. The maximum absolute atomic E-state index is 13.5. The van der Waals surface area contributed by atoms with Crippen molar-refractivity contribution in [1.29, 1.82) is 0 Å².